The third-order valence-corrected chi connectivity index (χ3v) is 10.6. The van der Waals surface area contributed by atoms with Gasteiger partial charge in [-0.3, -0.25) is 28.9 Å². The van der Waals surface area contributed by atoms with Crippen molar-refractivity contribution >= 4 is 52.6 Å². The maximum absolute atomic E-state index is 14.4. The predicted octanol–water partition coefficient (Wildman–Crippen LogP) is 6.36. The summed E-state index contributed by atoms with van der Waals surface area (Å²) in [5.74, 6) is -2.11. The molecule has 2 fully saturated rings. The number of pyridine rings is 2. The monoisotopic (exact) mass is 734 g/mol. The van der Waals surface area contributed by atoms with E-state index in [0.717, 1.165) is 16.8 Å². The normalized spacial score (nSPS) is 19.1. The average molecular weight is 736 g/mol. The summed E-state index contributed by atoms with van der Waals surface area (Å²) in [6.07, 6.45) is 8.96. The number of nitrogens with one attached hydrogen (secondary N) is 2. The number of anilines is 2. The van der Waals surface area contributed by atoms with Gasteiger partial charge in [0.05, 0.1) is 44.8 Å². The van der Waals surface area contributed by atoms with Crippen molar-refractivity contribution < 1.29 is 18.8 Å². The van der Waals surface area contributed by atoms with Crippen molar-refractivity contribution in [1.29, 1.82) is 5.26 Å². The van der Waals surface area contributed by atoms with Crippen LogP contribution in [0.4, 0.5) is 16.0 Å². The Morgan fingerprint density at radius 2 is 1.65 bits per heavy atom. The number of hydrogen-bond donors (Lipinski definition) is 2. The zero-order chi connectivity index (χ0) is 36.4. The van der Waals surface area contributed by atoms with Crippen LogP contribution in [0.15, 0.2) is 85.5 Å². The summed E-state index contributed by atoms with van der Waals surface area (Å²) >= 11 is 12.3. The fourth-order valence-electron chi connectivity index (χ4n) is 6.83. The highest BCUT2D eigenvalue weighted by atomic mass is 35.5. The number of imidazole rings is 1. The van der Waals surface area contributed by atoms with E-state index in [1.54, 1.807) is 49.8 Å². The van der Waals surface area contributed by atoms with Crippen molar-refractivity contribution in [3.8, 4) is 17.2 Å². The van der Waals surface area contributed by atoms with Gasteiger partial charge in [0.25, 0.3) is 11.8 Å². The highest BCUT2D eigenvalue weighted by Gasteiger charge is 2.57. The highest BCUT2D eigenvalue weighted by Crippen LogP contribution is 2.48. The Hall–Kier alpha value is -5.64. The Balaban J connectivity index is 1.08. The van der Waals surface area contributed by atoms with Crippen molar-refractivity contribution in [3.63, 3.8) is 0 Å². The summed E-state index contributed by atoms with van der Waals surface area (Å²) < 4.78 is 15.9. The fraction of sp³-hybridized carbons (Fsp3) is 0.237. The van der Waals surface area contributed by atoms with Crippen LogP contribution in [0.5, 0.6) is 0 Å². The second-order valence-corrected chi connectivity index (χ2v) is 14.5. The van der Waals surface area contributed by atoms with Gasteiger partial charge >= 0.3 is 0 Å². The molecule has 2 saturated carbocycles. The zero-order valence-electron chi connectivity index (χ0n) is 27.7. The summed E-state index contributed by atoms with van der Waals surface area (Å²) in [4.78, 5) is 57.0. The number of nitriles is 1. The average Bonchev–Trinajstić information content (AvgIpc) is 4.06. The number of aromatic nitrogens is 4. The molecule has 3 aliphatic rings. The Morgan fingerprint density at radius 1 is 0.942 bits per heavy atom. The van der Waals surface area contributed by atoms with E-state index in [1.165, 1.54) is 27.8 Å². The van der Waals surface area contributed by atoms with Gasteiger partial charge in [0.15, 0.2) is 5.82 Å². The standard InChI is InChI=1S/C38H29Cl2FN8O3/c1-36(17-22-4-6-23(18-42)7-5-22)34(52)48(26-15-27(39)31(41)28(40)16-26)35-45-21-29(49(35)36)32(50)46-38(12-13-38)33(51)47-37(10-11-37)30-9-8-25(20-44-30)24-3-2-14-43-19-24/h2-9,14-16,19-21H,10-13,17H2,1H3,(H,46,50)(H,47,51)/t36-/m1/s1. The van der Waals surface area contributed by atoms with Crippen LogP contribution in [0, 0.1) is 17.1 Å². The Labute approximate surface area is 307 Å². The van der Waals surface area contributed by atoms with Gasteiger partial charge in [-0.25, -0.2) is 14.3 Å². The molecule has 0 bridgehead atoms. The number of rotatable bonds is 9. The van der Waals surface area contributed by atoms with E-state index in [2.05, 4.69) is 31.7 Å². The fourth-order valence-corrected chi connectivity index (χ4v) is 7.31. The SMILES string of the molecule is C[C@@]1(Cc2ccc(C#N)cc2)C(=O)N(c2cc(Cl)c(F)c(Cl)c2)c2ncc(C(=O)NC3(C(=O)NC4(c5ccc(-c6cccnc6)cn5)CC4)CC3)n21. The van der Waals surface area contributed by atoms with E-state index < -0.39 is 34.2 Å². The molecule has 0 radical (unpaired) electrons. The van der Waals surface area contributed by atoms with E-state index in [0.29, 0.717) is 36.8 Å². The molecule has 0 saturated heterocycles. The minimum absolute atomic E-state index is 0.0502. The molecule has 11 nitrogen and oxygen atoms in total. The molecule has 2 N–H and O–H groups in total. The molecule has 0 spiro atoms. The minimum Gasteiger partial charge on any atom is -0.343 e. The number of carbonyl (C=O) groups excluding carboxylic acids is 3. The molecule has 0 unspecified atom stereocenters. The summed E-state index contributed by atoms with van der Waals surface area (Å²) in [7, 11) is 0. The topological polar surface area (TPSA) is 146 Å². The lowest BCUT2D eigenvalue weighted by Crippen LogP contribution is -2.52. The van der Waals surface area contributed by atoms with Gasteiger partial charge in [0.1, 0.15) is 16.8 Å². The first kappa shape index (κ1) is 33.5. The van der Waals surface area contributed by atoms with E-state index >= 15 is 0 Å². The zero-order valence-corrected chi connectivity index (χ0v) is 29.2. The van der Waals surface area contributed by atoms with Gasteiger partial charge in [0, 0.05) is 36.1 Å². The Kier molecular flexibility index (Phi) is 7.89. The van der Waals surface area contributed by atoms with Crippen LogP contribution in [0.1, 0.15) is 59.9 Å². The van der Waals surface area contributed by atoms with Crippen LogP contribution in [-0.4, -0.2) is 42.8 Å². The molecule has 2 aliphatic carbocycles. The number of fused-ring (bicyclic) bond motifs is 1. The molecular weight excluding hydrogens is 706 g/mol. The van der Waals surface area contributed by atoms with E-state index in [9.17, 15) is 24.0 Å². The number of halogens is 3. The van der Waals surface area contributed by atoms with Gasteiger partial charge in [-0.05, 0) is 74.6 Å². The molecule has 2 aromatic carbocycles. The van der Waals surface area contributed by atoms with Crippen molar-refractivity contribution in [1.82, 2.24) is 30.2 Å². The first-order valence-corrected chi connectivity index (χ1v) is 17.3. The second kappa shape index (κ2) is 12.3. The van der Waals surface area contributed by atoms with Crippen LogP contribution in [0.25, 0.3) is 11.1 Å². The number of carbonyl (C=O) groups is 3. The molecule has 3 aromatic heterocycles. The largest absolute Gasteiger partial charge is 0.343 e. The lowest BCUT2D eigenvalue weighted by atomic mass is 9.91. The predicted molar refractivity (Wildman–Crippen MR) is 190 cm³/mol. The summed E-state index contributed by atoms with van der Waals surface area (Å²) in [5, 5.41) is 14.8. The molecule has 1 aliphatic heterocycles. The summed E-state index contributed by atoms with van der Waals surface area (Å²) in [6, 6.07) is 19.0. The Bertz CT molecular complexity index is 2290. The quantitative estimate of drug-likeness (QED) is 0.168. The third kappa shape index (κ3) is 5.57. The van der Waals surface area contributed by atoms with E-state index in [-0.39, 0.29) is 39.7 Å². The number of hydrogen-bond acceptors (Lipinski definition) is 7. The van der Waals surface area contributed by atoms with Crippen LogP contribution in [0.3, 0.4) is 0 Å². The lowest BCUT2D eigenvalue weighted by molar-refractivity contribution is -0.125. The Morgan fingerprint density at radius 3 is 2.25 bits per heavy atom. The molecule has 1 atom stereocenters. The van der Waals surface area contributed by atoms with Crippen LogP contribution >= 0.6 is 23.2 Å². The summed E-state index contributed by atoms with van der Waals surface area (Å²) in [6.45, 7) is 1.67. The smallest absolute Gasteiger partial charge is 0.270 e. The van der Waals surface area contributed by atoms with Crippen molar-refractivity contribution in [2.45, 2.75) is 55.6 Å². The second-order valence-electron chi connectivity index (χ2n) is 13.6. The number of benzene rings is 2. The van der Waals surface area contributed by atoms with Gasteiger partial charge in [0.2, 0.25) is 11.9 Å². The molecule has 3 amide bonds. The maximum atomic E-state index is 14.4. The van der Waals surface area contributed by atoms with E-state index in [1.807, 2.05) is 24.3 Å². The number of amides is 3. The van der Waals surface area contributed by atoms with Crippen molar-refractivity contribution in [2.24, 2.45) is 0 Å². The van der Waals surface area contributed by atoms with Gasteiger partial charge in [-0.1, -0.05) is 47.5 Å². The van der Waals surface area contributed by atoms with Gasteiger partial charge in [-0.15, -0.1) is 0 Å². The van der Waals surface area contributed by atoms with Gasteiger partial charge < -0.3 is 10.6 Å². The molecule has 14 heteroatoms. The first-order valence-electron chi connectivity index (χ1n) is 16.6. The molecule has 8 rings (SSSR count). The summed E-state index contributed by atoms with van der Waals surface area (Å²) in [5.41, 5.74) is 0.763. The maximum Gasteiger partial charge on any atom is 0.270 e. The molecule has 260 valence electrons. The van der Waals surface area contributed by atoms with E-state index in [4.69, 9.17) is 23.2 Å². The first-order chi connectivity index (χ1) is 25.0. The van der Waals surface area contributed by atoms with Crippen LogP contribution in [-0.2, 0) is 27.1 Å². The third-order valence-electron chi connectivity index (χ3n) is 10.1. The molecule has 5 aromatic rings. The van der Waals surface area contributed by atoms with Gasteiger partial charge in [-0.2, -0.15) is 5.26 Å². The molecule has 4 heterocycles. The van der Waals surface area contributed by atoms with Crippen LogP contribution in [0.2, 0.25) is 10.0 Å². The van der Waals surface area contributed by atoms with Crippen molar-refractivity contribution in [3.05, 3.63) is 124 Å². The highest BCUT2D eigenvalue weighted by molar-refractivity contribution is 6.35. The number of nitrogens with zero attached hydrogens (tertiary/aromatic N) is 6. The molecule has 52 heavy (non-hydrogen) atoms. The minimum atomic E-state index is -1.41. The molecular formula is C38H29Cl2FN8O3. The van der Waals surface area contributed by atoms with Crippen molar-refractivity contribution in [2.75, 3.05) is 4.90 Å². The lowest BCUT2D eigenvalue weighted by Gasteiger charge is -2.27. The van der Waals surface area contributed by atoms with Crippen LogP contribution < -0.4 is 15.5 Å².